The normalized spacial score (nSPS) is 11.1. The Morgan fingerprint density at radius 2 is 1.83 bits per heavy atom. The molecular formula is C23H16ClN3O2. The molecule has 1 heterocycles. The summed E-state index contributed by atoms with van der Waals surface area (Å²) in [5, 5.41) is 14.5. The molecule has 6 heteroatoms. The lowest BCUT2D eigenvalue weighted by Crippen LogP contribution is -2.17. The molecule has 0 saturated carbocycles. The molecule has 0 aliphatic carbocycles. The van der Waals surface area contributed by atoms with Crippen LogP contribution in [0.5, 0.6) is 5.75 Å². The first-order valence-corrected chi connectivity index (χ1v) is 9.27. The van der Waals surface area contributed by atoms with Gasteiger partial charge in [-0.1, -0.05) is 54.1 Å². The Kier molecular flexibility index (Phi) is 5.22. The number of fused-ring (bicyclic) bond motifs is 1. The van der Waals surface area contributed by atoms with Crippen LogP contribution in [0.15, 0.2) is 84.0 Å². The summed E-state index contributed by atoms with van der Waals surface area (Å²) in [5.41, 5.74) is 6.38. The summed E-state index contributed by atoms with van der Waals surface area (Å²) in [4.78, 5) is 16.9. The molecule has 142 valence electrons. The Bertz CT molecular complexity index is 1220. The summed E-state index contributed by atoms with van der Waals surface area (Å²) < 4.78 is 0. The number of rotatable bonds is 4. The van der Waals surface area contributed by atoms with Gasteiger partial charge in [-0.3, -0.25) is 4.79 Å². The highest BCUT2D eigenvalue weighted by molar-refractivity contribution is 6.32. The zero-order valence-corrected chi connectivity index (χ0v) is 16.0. The molecule has 0 atom stereocenters. The van der Waals surface area contributed by atoms with E-state index >= 15 is 0 Å². The van der Waals surface area contributed by atoms with Gasteiger partial charge in [-0.2, -0.15) is 5.10 Å². The maximum Gasteiger partial charge on any atom is 0.271 e. The van der Waals surface area contributed by atoms with Crippen molar-refractivity contribution in [2.75, 3.05) is 0 Å². The molecule has 1 aromatic heterocycles. The lowest BCUT2D eigenvalue weighted by atomic mass is 10.1. The van der Waals surface area contributed by atoms with Crippen molar-refractivity contribution in [3.8, 4) is 17.0 Å². The SMILES string of the molecule is O=C(N/N=C/c1cccc2nc(-c3ccccc3)ccc12)c1ccc(O)c(Cl)c1. The van der Waals surface area contributed by atoms with Gasteiger partial charge in [0.2, 0.25) is 0 Å². The summed E-state index contributed by atoms with van der Waals surface area (Å²) in [6.07, 6.45) is 1.58. The Morgan fingerprint density at radius 1 is 1.00 bits per heavy atom. The van der Waals surface area contributed by atoms with E-state index in [1.807, 2.05) is 60.7 Å². The molecule has 0 radical (unpaired) electrons. The predicted molar refractivity (Wildman–Crippen MR) is 115 cm³/mol. The van der Waals surface area contributed by atoms with E-state index in [9.17, 15) is 9.90 Å². The van der Waals surface area contributed by atoms with Crippen molar-refractivity contribution >= 4 is 34.6 Å². The molecule has 0 aliphatic rings. The van der Waals surface area contributed by atoms with Crippen LogP contribution in [0.3, 0.4) is 0 Å². The van der Waals surface area contributed by atoms with Crippen LogP contribution in [0.4, 0.5) is 0 Å². The molecule has 2 N–H and O–H groups in total. The Labute approximate surface area is 172 Å². The third-order valence-corrected chi connectivity index (χ3v) is 4.72. The quantitative estimate of drug-likeness (QED) is 0.372. The maximum atomic E-state index is 12.2. The van der Waals surface area contributed by atoms with Gasteiger partial charge in [0.1, 0.15) is 5.75 Å². The van der Waals surface area contributed by atoms with Gasteiger partial charge >= 0.3 is 0 Å². The summed E-state index contributed by atoms with van der Waals surface area (Å²) in [6.45, 7) is 0. The molecule has 3 aromatic carbocycles. The number of carbonyl (C=O) groups is 1. The number of phenolic OH excluding ortho intramolecular Hbond substituents is 1. The number of amides is 1. The number of phenols is 1. The van der Waals surface area contributed by atoms with Crippen molar-refractivity contribution in [3.63, 3.8) is 0 Å². The van der Waals surface area contributed by atoms with Crippen molar-refractivity contribution in [2.45, 2.75) is 0 Å². The average molecular weight is 402 g/mol. The topological polar surface area (TPSA) is 74.6 Å². The first-order chi connectivity index (χ1) is 14.1. The van der Waals surface area contributed by atoms with Gasteiger partial charge in [-0.05, 0) is 36.4 Å². The highest BCUT2D eigenvalue weighted by Crippen LogP contribution is 2.24. The van der Waals surface area contributed by atoms with Crippen LogP contribution in [0.2, 0.25) is 5.02 Å². The standard InChI is InChI=1S/C23H16ClN3O2/c24-19-13-16(9-12-22(19)28)23(29)27-25-14-17-7-4-8-21-18(17)10-11-20(26-21)15-5-2-1-3-6-15/h1-14,28H,(H,27,29)/b25-14+. The monoisotopic (exact) mass is 401 g/mol. The van der Waals surface area contributed by atoms with Crippen molar-refractivity contribution < 1.29 is 9.90 Å². The van der Waals surface area contributed by atoms with Gasteiger partial charge in [0.05, 0.1) is 22.4 Å². The zero-order chi connectivity index (χ0) is 20.2. The van der Waals surface area contributed by atoms with E-state index in [0.29, 0.717) is 5.56 Å². The molecule has 4 aromatic rings. The fourth-order valence-electron chi connectivity index (χ4n) is 2.93. The molecule has 0 unspecified atom stereocenters. The highest BCUT2D eigenvalue weighted by atomic mass is 35.5. The number of aromatic nitrogens is 1. The molecule has 4 rings (SSSR count). The van der Waals surface area contributed by atoms with E-state index in [2.05, 4.69) is 10.5 Å². The Hall–Kier alpha value is -3.70. The molecule has 5 nitrogen and oxygen atoms in total. The van der Waals surface area contributed by atoms with Crippen molar-refractivity contribution in [3.05, 3.63) is 95.0 Å². The minimum absolute atomic E-state index is 0.0788. The number of hydrazone groups is 1. The number of pyridine rings is 1. The average Bonchev–Trinajstić information content (AvgIpc) is 2.76. The van der Waals surface area contributed by atoms with Crippen LogP contribution < -0.4 is 5.43 Å². The van der Waals surface area contributed by atoms with E-state index in [-0.39, 0.29) is 10.8 Å². The number of carbonyl (C=O) groups excluding carboxylic acids is 1. The van der Waals surface area contributed by atoms with E-state index < -0.39 is 5.91 Å². The molecule has 0 fully saturated rings. The third-order valence-electron chi connectivity index (χ3n) is 4.41. The second kappa shape index (κ2) is 8.12. The van der Waals surface area contributed by atoms with Crippen LogP contribution in [0.25, 0.3) is 22.2 Å². The third kappa shape index (κ3) is 4.10. The van der Waals surface area contributed by atoms with Gasteiger partial charge in [0.25, 0.3) is 5.91 Å². The van der Waals surface area contributed by atoms with E-state index in [1.165, 1.54) is 18.2 Å². The number of aromatic hydroxyl groups is 1. The maximum absolute atomic E-state index is 12.2. The van der Waals surface area contributed by atoms with E-state index in [1.54, 1.807) is 6.21 Å². The molecule has 0 aliphatic heterocycles. The Morgan fingerprint density at radius 3 is 2.62 bits per heavy atom. The summed E-state index contributed by atoms with van der Waals surface area (Å²) >= 11 is 5.83. The molecule has 0 bridgehead atoms. The van der Waals surface area contributed by atoms with Crippen LogP contribution in [-0.2, 0) is 0 Å². The minimum atomic E-state index is -0.423. The fourth-order valence-corrected chi connectivity index (χ4v) is 3.11. The molecule has 1 amide bonds. The lowest BCUT2D eigenvalue weighted by Gasteiger charge is -2.06. The smallest absolute Gasteiger partial charge is 0.271 e. The van der Waals surface area contributed by atoms with Crippen molar-refractivity contribution in [1.29, 1.82) is 0 Å². The van der Waals surface area contributed by atoms with Gasteiger partial charge in [-0.15, -0.1) is 0 Å². The Balaban J connectivity index is 1.56. The summed E-state index contributed by atoms with van der Waals surface area (Å²) in [5.74, 6) is -0.502. The van der Waals surface area contributed by atoms with Crippen molar-refractivity contribution in [2.24, 2.45) is 5.10 Å². The largest absolute Gasteiger partial charge is 0.506 e. The van der Waals surface area contributed by atoms with E-state index in [0.717, 1.165) is 27.7 Å². The second-order valence-electron chi connectivity index (χ2n) is 6.34. The predicted octanol–water partition coefficient (Wildman–Crippen LogP) is 5.02. The summed E-state index contributed by atoms with van der Waals surface area (Å²) in [7, 11) is 0. The van der Waals surface area contributed by atoms with Crippen LogP contribution in [0.1, 0.15) is 15.9 Å². The number of halogens is 1. The highest BCUT2D eigenvalue weighted by Gasteiger charge is 2.08. The van der Waals surface area contributed by atoms with Gasteiger partial charge in [0.15, 0.2) is 0 Å². The van der Waals surface area contributed by atoms with Crippen LogP contribution in [-0.4, -0.2) is 22.2 Å². The van der Waals surface area contributed by atoms with Gasteiger partial charge in [0, 0.05) is 22.1 Å². The van der Waals surface area contributed by atoms with Gasteiger partial charge < -0.3 is 5.11 Å². The lowest BCUT2D eigenvalue weighted by molar-refractivity contribution is 0.0955. The zero-order valence-electron chi connectivity index (χ0n) is 15.2. The number of nitrogens with one attached hydrogen (secondary N) is 1. The first-order valence-electron chi connectivity index (χ1n) is 8.89. The second-order valence-corrected chi connectivity index (χ2v) is 6.75. The number of hydrogen-bond acceptors (Lipinski definition) is 4. The number of nitrogens with zero attached hydrogens (tertiary/aromatic N) is 2. The minimum Gasteiger partial charge on any atom is -0.506 e. The molecule has 0 saturated heterocycles. The number of benzene rings is 3. The van der Waals surface area contributed by atoms with Crippen LogP contribution >= 0.6 is 11.6 Å². The van der Waals surface area contributed by atoms with Crippen molar-refractivity contribution in [1.82, 2.24) is 10.4 Å². The summed E-state index contributed by atoms with van der Waals surface area (Å²) in [6, 6.07) is 23.9. The van der Waals surface area contributed by atoms with E-state index in [4.69, 9.17) is 16.6 Å². The molecule has 29 heavy (non-hydrogen) atoms. The molecule has 0 spiro atoms. The molecular weight excluding hydrogens is 386 g/mol. The van der Waals surface area contributed by atoms with Crippen LogP contribution in [0, 0.1) is 0 Å². The number of hydrogen-bond donors (Lipinski definition) is 2. The first kappa shape index (κ1) is 18.7. The fraction of sp³-hybridized carbons (Fsp3) is 0. The van der Waals surface area contributed by atoms with Gasteiger partial charge in [-0.25, -0.2) is 10.4 Å².